The Bertz CT molecular complexity index is 1060. The zero-order valence-electron chi connectivity index (χ0n) is 18.0. The van der Waals surface area contributed by atoms with Crippen LogP contribution in [0.25, 0.3) is 5.65 Å². The molecule has 0 bridgehead atoms. The second-order valence-corrected chi connectivity index (χ2v) is 7.80. The second kappa shape index (κ2) is 9.20. The van der Waals surface area contributed by atoms with Crippen LogP contribution in [0.15, 0.2) is 54.9 Å². The lowest BCUT2D eigenvalue weighted by Crippen LogP contribution is -2.51. The number of rotatable bonds is 5. The molecule has 1 aliphatic heterocycles. The molecule has 7 heteroatoms. The lowest BCUT2D eigenvalue weighted by molar-refractivity contribution is -0.133. The summed E-state index contributed by atoms with van der Waals surface area (Å²) < 4.78 is 7.16. The highest BCUT2D eigenvalue weighted by Crippen LogP contribution is 2.30. The van der Waals surface area contributed by atoms with Crippen LogP contribution in [0, 0.1) is 6.92 Å². The third kappa shape index (κ3) is 4.40. The minimum absolute atomic E-state index is 0.0833. The fraction of sp³-hybridized carbons (Fsp3) is 0.375. The number of nitrogens with zero attached hydrogens (tertiary/aromatic N) is 4. The molecule has 0 aliphatic carbocycles. The van der Waals surface area contributed by atoms with Crippen molar-refractivity contribution in [3.8, 4) is 0 Å². The molecule has 1 fully saturated rings. The van der Waals surface area contributed by atoms with Gasteiger partial charge in [-0.2, -0.15) is 0 Å². The minimum atomic E-state index is -0.308. The number of carbonyl (C=O) groups excluding carboxylic acids is 2. The summed E-state index contributed by atoms with van der Waals surface area (Å²) in [6, 6.07) is 14.1. The molecule has 162 valence electrons. The third-order valence-electron chi connectivity index (χ3n) is 5.86. The van der Waals surface area contributed by atoms with E-state index >= 15 is 0 Å². The van der Waals surface area contributed by atoms with E-state index < -0.39 is 0 Å². The standard InChI is InChI=1S/C24H28N4O3/c1-3-31-24(30)27-14-12-26(13-15-27)22(29)16-20(19-9-5-4-6-10-19)21-17-25-23-18(2)8-7-11-28(21)23/h4-11,17,20H,3,12-16H2,1-2H3. The van der Waals surface area contributed by atoms with Crippen LogP contribution in [0.1, 0.15) is 36.1 Å². The zero-order valence-corrected chi connectivity index (χ0v) is 18.0. The van der Waals surface area contributed by atoms with Gasteiger partial charge in [-0.3, -0.25) is 4.79 Å². The molecule has 7 nitrogen and oxygen atoms in total. The van der Waals surface area contributed by atoms with E-state index in [0.717, 1.165) is 22.5 Å². The van der Waals surface area contributed by atoms with E-state index in [1.165, 1.54) is 0 Å². The molecule has 1 aliphatic rings. The van der Waals surface area contributed by atoms with Crippen LogP contribution in [-0.2, 0) is 9.53 Å². The van der Waals surface area contributed by atoms with Gasteiger partial charge in [0.25, 0.3) is 0 Å². The summed E-state index contributed by atoms with van der Waals surface area (Å²) in [5.41, 5.74) is 4.10. The molecule has 0 saturated carbocycles. The van der Waals surface area contributed by atoms with Gasteiger partial charge < -0.3 is 18.9 Å². The first kappa shape index (κ1) is 20.9. The van der Waals surface area contributed by atoms with Gasteiger partial charge in [-0.1, -0.05) is 36.4 Å². The van der Waals surface area contributed by atoms with Gasteiger partial charge in [0, 0.05) is 50.9 Å². The number of piperazine rings is 1. The number of hydrogen-bond acceptors (Lipinski definition) is 4. The maximum absolute atomic E-state index is 13.2. The molecule has 0 N–H and O–H groups in total. The Morgan fingerprint density at radius 1 is 1.03 bits per heavy atom. The molecular weight excluding hydrogens is 392 g/mol. The van der Waals surface area contributed by atoms with Gasteiger partial charge in [0.2, 0.25) is 5.91 Å². The molecule has 1 saturated heterocycles. The van der Waals surface area contributed by atoms with E-state index in [1.54, 1.807) is 11.8 Å². The summed E-state index contributed by atoms with van der Waals surface area (Å²) in [6.45, 7) is 6.22. The van der Waals surface area contributed by atoms with Crippen LogP contribution < -0.4 is 0 Å². The summed E-state index contributed by atoms with van der Waals surface area (Å²) >= 11 is 0. The highest BCUT2D eigenvalue weighted by atomic mass is 16.6. The van der Waals surface area contributed by atoms with Gasteiger partial charge in [-0.15, -0.1) is 0 Å². The second-order valence-electron chi connectivity index (χ2n) is 7.80. The number of carbonyl (C=O) groups is 2. The maximum Gasteiger partial charge on any atom is 0.409 e. The summed E-state index contributed by atoms with van der Waals surface area (Å²) in [5, 5.41) is 0. The van der Waals surface area contributed by atoms with E-state index in [1.807, 2.05) is 54.5 Å². The predicted octanol–water partition coefficient (Wildman–Crippen LogP) is 3.47. The molecule has 2 aromatic heterocycles. The van der Waals surface area contributed by atoms with E-state index in [4.69, 9.17) is 4.74 Å². The van der Waals surface area contributed by atoms with Crippen molar-refractivity contribution in [3.05, 3.63) is 71.7 Å². The normalized spacial score (nSPS) is 15.2. The Balaban J connectivity index is 1.54. The van der Waals surface area contributed by atoms with Gasteiger partial charge in [-0.25, -0.2) is 9.78 Å². The van der Waals surface area contributed by atoms with Crippen molar-refractivity contribution < 1.29 is 14.3 Å². The number of aryl methyl sites for hydroxylation is 1. The number of amides is 2. The number of fused-ring (bicyclic) bond motifs is 1. The average Bonchev–Trinajstić information content (AvgIpc) is 3.23. The van der Waals surface area contributed by atoms with Crippen molar-refractivity contribution >= 4 is 17.6 Å². The van der Waals surface area contributed by atoms with Gasteiger partial charge >= 0.3 is 6.09 Å². The lowest BCUT2D eigenvalue weighted by atomic mass is 9.92. The SMILES string of the molecule is CCOC(=O)N1CCN(C(=O)CC(c2ccccc2)c2cnc3c(C)cccn23)CC1. The summed E-state index contributed by atoms with van der Waals surface area (Å²) in [6.07, 6.45) is 3.93. The van der Waals surface area contributed by atoms with Crippen molar-refractivity contribution in [2.75, 3.05) is 32.8 Å². The Hall–Kier alpha value is -3.35. The monoisotopic (exact) mass is 420 g/mol. The molecule has 3 aromatic rings. The fourth-order valence-corrected chi connectivity index (χ4v) is 4.16. The first-order chi connectivity index (χ1) is 15.1. The molecule has 1 aromatic carbocycles. The van der Waals surface area contributed by atoms with Crippen LogP contribution in [0.2, 0.25) is 0 Å². The van der Waals surface area contributed by atoms with Gasteiger partial charge in [0.15, 0.2) is 0 Å². The number of pyridine rings is 1. The Kier molecular flexibility index (Phi) is 6.21. The molecule has 1 atom stereocenters. The van der Waals surface area contributed by atoms with Gasteiger partial charge in [0.1, 0.15) is 5.65 Å². The van der Waals surface area contributed by atoms with Crippen LogP contribution >= 0.6 is 0 Å². The first-order valence-corrected chi connectivity index (χ1v) is 10.8. The lowest BCUT2D eigenvalue weighted by Gasteiger charge is -2.34. The molecular formula is C24H28N4O3. The summed E-state index contributed by atoms with van der Waals surface area (Å²) in [7, 11) is 0. The number of ether oxygens (including phenoxy) is 1. The molecule has 31 heavy (non-hydrogen) atoms. The van der Waals surface area contributed by atoms with Crippen LogP contribution in [-0.4, -0.2) is 64.0 Å². The molecule has 3 heterocycles. The molecule has 2 amide bonds. The van der Waals surface area contributed by atoms with Crippen LogP contribution in [0.5, 0.6) is 0 Å². The average molecular weight is 421 g/mol. The molecule has 1 unspecified atom stereocenters. The topological polar surface area (TPSA) is 67.2 Å². The fourth-order valence-electron chi connectivity index (χ4n) is 4.16. The van der Waals surface area contributed by atoms with Gasteiger partial charge in [-0.05, 0) is 31.0 Å². The van der Waals surface area contributed by atoms with Crippen LogP contribution in [0.3, 0.4) is 0 Å². The van der Waals surface area contributed by atoms with Crippen molar-refractivity contribution in [3.63, 3.8) is 0 Å². The first-order valence-electron chi connectivity index (χ1n) is 10.8. The largest absolute Gasteiger partial charge is 0.450 e. The smallest absolute Gasteiger partial charge is 0.409 e. The Labute approximate surface area is 182 Å². The molecule has 4 rings (SSSR count). The number of hydrogen-bond donors (Lipinski definition) is 0. The number of aromatic nitrogens is 2. The van der Waals surface area contributed by atoms with Gasteiger partial charge in [0.05, 0.1) is 12.3 Å². The number of imidazole rings is 1. The summed E-state index contributed by atoms with van der Waals surface area (Å²) in [4.78, 5) is 33.3. The maximum atomic E-state index is 13.2. The van der Waals surface area contributed by atoms with Crippen molar-refractivity contribution in [1.82, 2.24) is 19.2 Å². The minimum Gasteiger partial charge on any atom is -0.450 e. The molecule has 0 radical (unpaired) electrons. The van der Waals surface area contributed by atoms with Crippen LogP contribution in [0.4, 0.5) is 4.79 Å². The Morgan fingerprint density at radius 3 is 2.45 bits per heavy atom. The van der Waals surface area contributed by atoms with E-state index in [0.29, 0.717) is 39.2 Å². The van der Waals surface area contributed by atoms with Crippen molar-refractivity contribution in [2.45, 2.75) is 26.2 Å². The van der Waals surface area contributed by atoms with E-state index in [2.05, 4.69) is 21.5 Å². The van der Waals surface area contributed by atoms with E-state index in [9.17, 15) is 9.59 Å². The Morgan fingerprint density at radius 2 is 1.74 bits per heavy atom. The highest BCUT2D eigenvalue weighted by molar-refractivity contribution is 5.78. The predicted molar refractivity (Wildman–Crippen MR) is 118 cm³/mol. The number of benzene rings is 1. The molecule has 0 spiro atoms. The third-order valence-corrected chi connectivity index (χ3v) is 5.86. The zero-order chi connectivity index (χ0) is 21.8. The van der Waals surface area contributed by atoms with Crippen molar-refractivity contribution in [1.29, 1.82) is 0 Å². The summed E-state index contributed by atoms with van der Waals surface area (Å²) in [5.74, 6) is -0.0199. The quantitative estimate of drug-likeness (QED) is 0.634. The highest BCUT2D eigenvalue weighted by Gasteiger charge is 2.28. The van der Waals surface area contributed by atoms with Crippen molar-refractivity contribution in [2.24, 2.45) is 0 Å². The van der Waals surface area contributed by atoms with E-state index in [-0.39, 0.29) is 17.9 Å².